The van der Waals surface area contributed by atoms with Crippen molar-refractivity contribution in [3.05, 3.63) is 12.7 Å². The molecule has 0 aromatic rings. The van der Waals surface area contributed by atoms with Gasteiger partial charge in [0.15, 0.2) is 0 Å². The van der Waals surface area contributed by atoms with Crippen molar-refractivity contribution in [3.8, 4) is 0 Å². The van der Waals surface area contributed by atoms with E-state index in [9.17, 15) is 4.79 Å². The van der Waals surface area contributed by atoms with Crippen molar-refractivity contribution in [2.24, 2.45) is 0 Å². The van der Waals surface area contributed by atoms with Gasteiger partial charge in [-0.15, -0.1) is 6.58 Å². The largest absolute Gasteiger partial charge is 0.464 e. The average molecular weight is 499 g/mol. The lowest BCUT2D eigenvalue weighted by Gasteiger charge is -2.07. The molecule has 5 heteroatoms. The predicted molar refractivity (Wildman–Crippen MR) is 147 cm³/mol. The molecule has 5 nitrogen and oxygen atoms in total. The third-order valence-electron chi connectivity index (χ3n) is 6.22. The summed E-state index contributed by atoms with van der Waals surface area (Å²) >= 11 is 0. The second-order valence-electron chi connectivity index (χ2n) is 9.52. The lowest BCUT2D eigenvalue weighted by Crippen LogP contribution is -2.15. The molecule has 0 amide bonds. The average Bonchev–Trinajstić information content (AvgIpc) is 2.86. The Balaban J connectivity index is 3.04. The molecular formula is C30H58O5. The van der Waals surface area contributed by atoms with E-state index in [1.807, 2.05) is 6.08 Å². The van der Waals surface area contributed by atoms with Gasteiger partial charge in [0.05, 0.1) is 33.0 Å². The minimum atomic E-state index is -0.330. The maximum atomic E-state index is 11.1. The van der Waals surface area contributed by atoms with E-state index in [-0.39, 0.29) is 12.6 Å². The molecule has 0 fully saturated rings. The van der Waals surface area contributed by atoms with Crippen LogP contribution in [0.2, 0.25) is 0 Å². The molecule has 0 saturated heterocycles. The van der Waals surface area contributed by atoms with Crippen molar-refractivity contribution in [3.63, 3.8) is 0 Å². The zero-order chi connectivity index (χ0) is 25.5. The van der Waals surface area contributed by atoms with Gasteiger partial charge in [0.25, 0.3) is 0 Å². The minimum absolute atomic E-state index is 0.00851. The highest BCUT2D eigenvalue weighted by Gasteiger charge is 2.00. The summed E-state index contributed by atoms with van der Waals surface area (Å²) < 4.78 is 21.0. The molecule has 0 atom stereocenters. The number of unbranched alkanes of at least 4 members (excludes halogenated alkanes) is 18. The van der Waals surface area contributed by atoms with Crippen molar-refractivity contribution >= 4 is 5.97 Å². The molecule has 0 aliphatic carbocycles. The van der Waals surface area contributed by atoms with Crippen LogP contribution in [0.1, 0.15) is 129 Å². The number of hydrogen-bond donors (Lipinski definition) is 0. The summed E-state index contributed by atoms with van der Waals surface area (Å²) in [7, 11) is 0. The summed E-state index contributed by atoms with van der Waals surface area (Å²) in [6.07, 6.45) is 28.1. The summed E-state index contributed by atoms with van der Waals surface area (Å²) in [5.41, 5.74) is 0. The molecule has 0 unspecified atom stereocenters. The molecule has 0 spiro atoms. The van der Waals surface area contributed by atoms with Crippen molar-refractivity contribution in [1.29, 1.82) is 0 Å². The fourth-order valence-corrected chi connectivity index (χ4v) is 4.12. The van der Waals surface area contributed by atoms with Gasteiger partial charge >= 0.3 is 5.97 Å². The van der Waals surface area contributed by atoms with Gasteiger partial charge in [0.2, 0.25) is 0 Å². The summed E-state index contributed by atoms with van der Waals surface area (Å²) in [6.45, 7) is 8.81. The number of carbonyl (C=O) groups excluding carboxylic acids is 1. The van der Waals surface area contributed by atoms with Crippen LogP contribution in [0.15, 0.2) is 12.7 Å². The molecule has 0 rings (SSSR count). The van der Waals surface area contributed by atoms with Crippen molar-refractivity contribution < 1.29 is 23.7 Å². The molecule has 0 aliphatic rings. The van der Waals surface area contributed by atoms with E-state index in [4.69, 9.17) is 18.9 Å². The molecule has 0 radical (unpaired) electrons. The molecule has 0 heterocycles. The Morgan fingerprint density at radius 1 is 0.543 bits per heavy atom. The third kappa shape index (κ3) is 31.1. The van der Waals surface area contributed by atoms with E-state index in [0.29, 0.717) is 33.0 Å². The van der Waals surface area contributed by atoms with Crippen LogP contribution in [0, 0.1) is 0 Å². The highest BCUT2D eigenvalue weighted by Crippen LogP contribution is 2.14. The van der Waals surface area contributed by atoms with Gasteiger partial charge in [-0.25, -0.2) is 4.79 Å². The van der Waals surface area contributed by atoms with E-state index in [1.54, 1.807) is 6.92 Å². The van der Waals surface area contributed by atoms with Crippen LogP contribution >= 0.6 is 0 Å². The molecule has 0 aliphatic heterocycles. The Kier molecular flexibility index (Phi) is 30.3. The van der Waals surface area contributed by atoms with E-state index < -0.39 is 0 Å². The van der Waals surface area contributed by atoms with Gasteiger partial charge in [-0.3, -0.25) is 0 Å². The SMILES string of the molecule is C=CCCCCCCCCCCCCCCCCCCCCOCCOCCOCC(=O)OCC. The fraction of sp³-hybridized carbons (Fsp3) is 0.900. The number of ether oxygens (including phenoxy) is 4. The first kappa shape index (κ1) is 34.1. The van der Waals surface area contributed by atoms with Gasteiger partial charge in [-0.1, -0.05) is 109 Å². The smallest absolute Gasteiger partial charge is 0.332 e. The van der Waals surface area contributed by atoms with E-state index >= 15 is 0 Å². The summed E-state index contributed by atoms with van der Waals surface area (Å²) in [5.74, 6) is -0.330. The second-order valence-corrected chi connectivity index (χ2v) is 9.52. The summed E-state index contributed by atoms with van der Waals surface area (Å²) in [4.78, 5) is 11.1. The van der Waals surface area contributed by atoms with Crippen molar-refractivity contribution in [2.75, 3.05) is 46.2 Å². The molecule has 0 N–H and O–H groups in total. The second kappa shape index (κ2) is 31.1. The number of esters is 1. The molecule has 208 valence electrons. The number of rotatable bonds is 30. The zero-order valence-corrected chi connectivity index (χ0v) is 23.2. The highest BCUT2D eigenvalue weighted by molar-refractivity contribution is 5.70. The van der Waals surface area contributed by atoms with Gasteiger partial charge in [0, 0.05) is 6.61 Å². The standard InChI is InChI=1S/C30H58O5/c1-3-5-6-7-8-9-10-11-12-13-14-15-16-17-18-19-20-21-22-23-24-32-25-26-33-27-28-34-29-30(31)35-4-2/h3H,1,4-29H2,2H3. The van der Waals surface area contributed by atoms with Crippen LogP contribution in [0.3, 0.4) is 0 Å². The summed E-state index contributed by atoms with van der Waals surface area (Å²) in [5, 5.41) is 0. The topological polar surface area (TPSA) is 54.0 Å². The quantitative estimate of drug-likeness (QED) is 0.0567. The molecule has 0 aromatic heterocycles. The third-order valence-corrected chi connectivity index (χ3v) is 6.22. The first-order valence-electron chi connectivity index (χ1n) is 14.8. The monoisotopic (exact) mass is 498 g/mol. The Hall–Kier alpha value is -0.910. The van der Waals surface area contributed by atoms with Crippen LogP contribution < -0.4 is 0 Å². The van der Waals surface area contributed by atoms with Crippen molar-refractivity contribution in [1.82, 2.24) is 0 Å². The summed E-state index contributed by atoms with van der Waals surface area (Å²) in [6, 6.07) is 0. The molecule has 35 heavy (non-hydrogen) atoms. The molecule has 0 saturated carbocycles. The van der Waals surface area contributed by atoms with E-state index in [1.165, 1.54) is 116 Å². The van der Waals surface area contributed by atoms with Crippen LogP contribution in [-0.2, 0) is 23.7 Å². The van der Waals surface area contributed by atoms with Gasteiger partial charge in [0.1, 0.15) is 6.61 Å². The van der Waals surface area contributed by atoms with Gasteiger partial charge < -0.3 is 18.9 Å². The zero-order valence-electron chi connectivity index (χ0n) is 23.2. The molecule has 0 aromatic carbocycles. The predicted octanol–water partition coefficient (Wildman–Crippen LogP) is 8.20. The maximum Gasteiger partial charge on any atom is 0.332 e. The minimum Gasteiger partial charge on any atom is -0.464 e. The first-order chi connectivity index (χ1) is 17.3. The number of carbonyl (C=O) groups is 1. The number of hydrogen-bond acceptors (Lipinski definition) is 5. The van der Waals surface area contributed by atoms with Crippen LogP contribution in [-0.4, -0.2) is 52.2 Å². The molecule has 0 bridgehead atoms. The van der Waals surface area contributed by atoms with Crippen LogP contribution in [0.25, 0.3) is 0 Å². The highest BCUT2D eigenvalue weighted by atomic mass is 16.6. The lowest BCUT2D eigenvalue weighted by molar-refractivity contribution is -0.149. The fourth-order valence-electron chi connectivity index (χ4n) is 4.12. The van der Waals surface area contributed by atoms with Crippen molar-refractivity contribution in [2.45, 2.75) is 129 Å². The van der Waals surface area contributed by atoms with E-state index in [0.717, 1.165) is 13.0 Å². The van der Waals surface area contributed by atoms with Gasteiger partial charge in [-0.2, -0.15) is 0 Å². The molecular weight excluding hydrogens is 440 g/mol. The maximum absolute atomic E-state index is 11.1. The normalized spacial score (nSPS) is 11.1. The Morgan fingerprint density at radius 2 is 0.914 bits per heavy atom. The van der Waals surface area contributed by atoms with Crippen LogP contribution in [0.4, 0.5) is 0 Å². The lowest BCUT2D eigenvalue weighted by atomic mass is 10.0. The Labute approximate surface area is 217 Å². The van der Waals surface area contributed by atoms with Crippen LogP contribution in [0.5, 0.6) is 0 Å². The Morgan fingerprint density at radius 3 is 1.34 bits per heavy atom. The Bertz CT molecular complexity index is 427. The number of allylic oxidation sites excluding steroid dienone is 1. The van der Waals surface area contributed by atoms with Gasteiger partial charge in [-0.05, 0) is 26.2 Å². The first-order valence-corrected chi connectivity index (χ1v) is 14.8. The van der Waals surface area contributed by atoms with E-state index in [2.05, 4.69) is 6.58 Å².